The summed E-state index contributed by atoms with van der Waals surface area (Å²) in [5.41, 5.74) is -0.00424. The van der Waals surface area contributed by atoms with Gasteiger partial charge in [-0.25, -0.2) is 0 Å². The zero-order valence-electron chi connectivity index (χ0n) is 13.4. The first-order valence-electron chi connectivity index (χ1n) is 7.66. The van der Waals surface area contributed by atoms with E-state index >= 15 is 0 Å². The number of pyridine rings is 1. The number of H-pyrrole nitrogens is 1. The van der Waals surface area contributed by atoms with Gasteiger partial charge in [0.25, 0.3) is 5.91 Å². The Morgan fingerprint density at radius 3 is 2.81 bits per heavy atom. The average molecular weight is 395 g/mol. The van der Waals surface area contributed by atoms with Crippen LogP contribution in [0.15, 0.2) is 36.5 Å². The number of aromatic amines is 1. The Labute approximate surface area is 154 Å². The molecule has 0 saturated carbocycles. The first-order valence-corrected chi connectivity index (χ1v) is 8.04. The molecule has 0 fully saturated rings. The van der Waals surface area contributed by atoms with Gasteiger partial charge in [0.05, 0.1) is 22.6 Å². The summed E-state index contributed by atoms with van der Waals surface area (Å²) >= 11 is 5.87. The highest BCUT2D eigenvalue weighted by molar-refractivity contribution is 6.33. The SMILES string of the molecule is O=C(NCc1nnc2c(Cl)cc(C(F)(F)F)cn12)c1n[nH]c2ccccc12. The number of aromatic nitrogens is 5. The summed E-state index contributed by atoms with van der Waals surface area (Å²) in [6.45, 7) is -0.154. The molecule has 0 spiro atoms. The monoisotopic (exact) mass is 394 g/mol. The van der Waals surface area contributed by atoms with Gasteiger partial charge in [0, 0.05) is 11.6 Å². The van der Waals surface area contributed by atoms with E-state index in [0.29, 0.717) is 10.9 Å². The first kappa shape index (κ1) is 17.3. The Kier molecular flexibility index (Phi) is 3.99. The Balaban J connectivity index is 1.62. The maximum atomic E-state index is 13.0. The van der Waals surface area contributed by atoms with E-state index in [-0.39, 0.29) is 28.7 Å². The predicted molar refractivity (Wildman–Crippen MR) is 90.3 cm³/mol. The number of alkyl halides is 3. The van der Waals surface area contributed by atoms with Gasteiger partial charge in [0.2, 0.25) is 0 Å². The molecule has 0 aliphatic carbocycles. The van der Waals surface area contributed by atoms with Crippen molar-refractivity contribution in [1.82, 2.24) is 30.1 Å². The van der Waals surface area contributed by atoms with E-state index in [1.807, 2.05) is 0 Å². The Bertz CT molecular complexity index is 1170. The number of halogens is 4. The summed E-state index contributed by atoms with van der Waals surface area (Å²) in [7, 11) is 0. The number of benzene rings is 1. The number of carbonyl (C=O) groups is 1. The van der Waals surface area contributed by atoms with Gasteiger partial charge in [-0.2, -0.15) is 18.3 Å². The van der Waals surface area contributed by atoms with Crippen LogP contribution in [0, 0.1) is 0 Å². The van der Waals surface area contributed by atoms with Crippen LogP contribution in [0.4, 0.5) is 13.2 Å². The van der Waals surface area contributed by atoms with E-state index in [2.05, 4.69) is 25.7 Å². The summed E-state index contributed by atoms with van der Waals surface area (Å²) in [6.07, 6.45) is -3.73. The number of fused-ring (bicyclic) bond motifs is 2. The molecule has 1 amide bonds. The molecule has 0 radical (unpaired) electrons. The fourth-order valence-corrected chi connectivity index (χ4v) is 2.90. The van der Waals surface area contributed by atoms with Crippen LogP contribution in [0.5, 0.6) is 0 Å². The highest BCUT2D eigenvalue weighted by Crippen LogP contribution is 2.32. The van der Waals surface area contributed by atoms with Gasteiger partial charge in [0.15, 0.2) is 17.2 Å². The second-order valence-corrected chi connectivity index (χ2v) is 6.09. The Morgan fingerprint density at radius 2 is 2.04 bits per heavy atom. The van der Waals surface area contributed by atoms with Crippen molar-refractivity contribution in [3.05, 3.63) is 58.6 Å². The van der Waals surface area contributed by atoms with Crippen molar-refractivity contribution in [1.29, 1.82) is 0 Å². The van der Waals surface area contributed by atoms with E-state index in [1.54, 1.807) is 24.3 Å². The van der Waals surface area contributed by atoms with E-state index in [0.717, 1.165) is 16.7 Å². The maximum Gasteiger partial charge on any atom is 0.417 e. The number of amides is 1. The molecule has 1 aromatic carbocycles. The van der Waals surface area contributed by atoms with Crippen LogP contribution in [0.25, 0.3) is 16.6 Å². The molecule has 3 aromatic heterocycles. The molecule has 0 atom stereocenters. The summed E-state index contributed by atoms with van der Waals surface area (Å²) in [5, 5.41) is 17.3. The topological polar surface area (TPSA) is 88.0 Å². The normalized spacial score (nSPS) is 12.0. The maximum absolute atomic E-state index is 13.0. The van der Waals surface area contributed by atoms with Gasteiger partial charge in [-0.3, -0.25) is 14.3 Å². The zero-order chi connectivity index (χ0) is 19.2. The standard InChI is InChI=1S/C16H10ClF3N6O/c17-10-5-8(16(18,19)20)7-26-12(23-25-14(10)26)6-21-15(27)13-9-3-1-2-4-11(9)22-24-13/h1-5,7H,6H2,(H,21,27)(H,22,24). The number of para-hydroxylation sites is 1. The molecule has 4 rings (SSSR count). The summed E-state index contributed by atoms with van der Waals surface area (Å²) < 4.78 is 40.1. The van der Waals surface area contributed by atoms with Gasteiger partial charge < -0.3 is 5.32 Å². The average Bonchev–Trinajstić information content (AvgIpc) is 3.23. The highest BCUT2D eigenvalue weighted by Gasteiger charge is 2.32. The van der Waals surface area contributed by atoms with E-state index in [1.165, 1.54) is 0 Å². The van der Waals surface area contributed by atoms with Crippen LogP contribution in [-0.2, 0) is 12.7 Å². The predicted octanol–water partition coefficient (Wildman–Crippen LogP) is 3.21. The molecule has 2 N–H and O–H groups in total. The van der Waals surface area contributed by atoms with Crippen molar-refractivity contribution in [3.63, 3.8) is 0 Å². The lowest BCUT2D eigenvalue weighted by Gasteiger charge is -2.09. The number of hydrogen-bond acceptors (Lipinski definition) is 4. The first-order chi connectivity index (χ1) is 12.8. The molecule has 0 aliphatic rings. The molecule has 138 valence electrons. The smallest absolute Gasteiger partial charge is 0.343 e. The summed E-state index contributed by atoms with van der Waals surface area (Å²) in [5.74, 6) is -0.395. The van der Waals surface area contributed by atoms with Gasteiger partial charge in [0.1, 0.15) is 0 Å². The van der Waals surface area contributed by atoms with Crippen molar-refractivity contribution >= 4 is 34.1 Å². The van der Waals surface area contributed by atoms with Crippen molar-refractivity contribution in [3.8, 4) is 0 Å². The van der Waals surface area contributed by atoms with E-state index in [9.17, 15) is 18.0 Å². The highest BCUT2D eigenvalue weighted by atomic mass is 35.5. The quantitative estimate of drug-likeness (QED) is 0.558. The fourth-order valence-electron chi connectivity index (χ4n) is 2.65. The second kappa shape index (κ2) is 6.23. The minimum absolute atomic E-state index is 0.0686. The third-order valence-corrected chi connectivity index (χ3v) is 4.23. The third-order valence-electron chi connectivity index (χ3n) is 3.95. The van der Waals surface area contributed by atoms with Crippen molar-refractivity contribution in [2.24, 2.45) is 0 Å². The lowest BCUT2D eigenvalue weighted by atomic mass is 10.2. The molecule has 4 aromatic rings. The summed E-state index contributed by atoms with van der Waals surface area (Å²) in [6, 6.07) is 7.85. The lowest BCUT2D eigenvalue weighted by Crippen LogP contribution is -2.24. The van der Waals surface area contributed by atoms with E-state index < -0.39 is 17.6 Å². The van der Waals surface area contributed by atoms with Crippen LogP contribution in [0.2, 0.25) is 5.02 Å². The molecule has 11 heteroatoms. The van der Waals surface area contributed by atoms with Crippen LogP contribution in [-0.4, -0.2) is 30.7 Å². The third kappa shape index (κ3) is 3.08. The molecular formula is C16H10ClF3N6O. The second-order valence-electron chi connectivity index (χ2n) is 5.68. The molecule has 0 aliphatic heterocycles. The Hall–Kier alpha value is -3.14. The molecule has 27 heavy (non-hydrogen) atoms. The van der Waals surface area contributed by atoms with Gasteiger partial charge in [-0.05, 0) is 12.1 Å². The molecule has 0 saturated heterocycles. The van der Waals surface area contributed by atoms with E-state index in [4.69, 9.17) is 11.6 Å². The minimum atomic E-state index is -4.57. The number of nitrogens with one attached hydrogen (secondary N) is 2. The largest absolute Gasteiger partial charge is 0.417 e. The zero-order valence-corrected chi connectivity index (χ0v) is 14.1. The number of carbonyl (C=O) groups excluding carboxylic acids is 1. The molecular weight excluding hydrogens is 385 g/mol. The molecule has 0 unspecified atom stereocenters. The van der Waals surface area contributed by atoms with Crippen molar-refractivity contribution < 1.29 is 18.0 Å². The van der Waals surface area contributed by atoms with Crippen LogP contribution in [0.1, 0.15) is 21.9 Å². The van der Waals surface area contributed by atoms with Crippen LogP contribution >= 0.6 is 11.6 Å². The Morgan fingerprint density at radius 1 is 1.26 bits per heavy atom. The number of nitrogens with zero attached hydrogens (tertiary/aromatic N) is 4. The van der Waals surface area contributed by atoms with Gasteiger partial charge in [-0.15, -0.1) is 10.2 Å². The van der Waals surface area contributed by atoms with Crippen molar-refractivity contribution in [2.75, 3.05) is 0 Å². The molecule has 0 bridgehead atoms. The van der Waals surface area contributed by atoms with Crippen LogP contribution in [0.3, 0.4) is 0 Å². The summed E-state index contributed by atoms with van der Waals surface area (Å²) in [4.78, 5) is 12.4. The number of hydrogen-bond donors (Lipinski definition) is 2. The minimum Gasteiger partial charge on any atom is -0.343 e. The molecule has 3 heterocycles. The number of rotatable bonds is 3. The molecule has 7 nitrogen and oxygen atoms in total. The fraction of sp³-hybridized carbons (Fsp3) is 0.125. The van der Waals surface area contributed by atoms with Gasteiger partial charge >= 0.3 is 6.18 Å². The van der Waals surface area contributed by atoms with Crippen LogP contribution < -0.4 is 5.32 Å². The van der Waals surface area contributed by atoms with Crippen molar-refractivity contribution in [2.45, 2.75) is 12.7 Å². The lowest BCUT2D eigenvalue weighted by molar-refractivity contribution is -0.137. The van der Waals surface area contributed by atoms with Gasteiger partial charge in [-0.1, -0.05) is 29.8 Å².